The summed E-state index contributed by atoms with van der Waals surface area (Å²) in [6.45, 7) is 2.21. The molecule has 2 aromatic heterocycles. The molecular formula is C24H19Cl2N3O2S2. The monoisotopic (exact) mass is 515 g/mol. The number of anilines is 1. The number of carbonyl (C=O) groups excluding carboxylic acids is 1. The van der Waals surface area contributed by atoms with Gasteiger partial charge in [-0.1, -0.05) is 30.1 Å². The van der Waals surface area contributed by atoms with Crippen molar-refractivity contribution < 1.29 is 9.21 Å². The van der Waals surface area contributed by atoms with Gasteiger partial charge >= 0.3 is 0 Å². The number of furan rings is 1. The third-order valence-electron chi connectivity index (χ3n) is 5.31. The number of benzene rings is 1. The smallest absolute Gasteiger partial charge is 0.250 e. The fraction of sp³-hybridized carbons (Fsp3) is 0.208. The van der Waals surface area contributed by atoms with Gasteiger partial charge in [-0.3, -0.25) is 10.1 Å². The molecule has 0 spiro atoms. The minimum atomic E-state index is -0.413. The van der Waals surface area contributed by atoms with Crippen LogP contribution in [-0.4, -0.2) is 11.0 Å². The maximum atomic E-state index is 12.3. The molecule has 33 heavy (non-hydrogen) atoms. The molecule has 1 aliphatic rings. The van der Waals surface area contributed by atoms with E-state index in [1.807, 2.05) is 0 Å². The molecule has 9 heteroatoms. The summed E-state index contributed by atoms with van der Waals surface area (Å²) in [6, 6.07) is 10.9. The third kappa shape index (κ3) is 5.48. The van der Waals surface area contributed by atoms with Crippen LogP contribution >= 0.6 is 46.8 Å². The highest BCUT2D eigenvalue weighted by molar-refractivity contribution is 7.80. The Morgan fingerprint density at radius 2 is 2.15 bits per heavy atom. The van der Waals surface area contributed by atoms with Gasteiger partial charge in [0.1, 0.15) is 22.6 Å². The van der Waals surface area contributed by atoms with Gasteiger partial charge in [0.05, 0.1) is 10.6 Å². The average Bonchev–Trinajstić information content (AvgIpc) is 3.35. The average molecular weight is 516 g/mol. The summed E-state index contributed by atoms with van der Waals surface area (Å²) in [4.78, 5) is 13.5. The molecule has 0 fully saturated rings. The zero-order chi connectivity index (χ0) is 23.5. The number of amides is 1. The molecule has 1 aliphatic carbocycles. The first-order valence-electron chi connectivity index (χ1n) is 10.2. The van der Waals surface area contributed by atoms with E-state index in [-0.39, 0.29) is 5.11 Å². The Morgan fingerprint density at radius 3 is 2.91 bits per heavy atom. The zero-order valence-electron chi connectivity index (χ0n) is 17.6. The van der Waals surface area contributed by atoms with Crippen LogP contribution in [0, 0.1) is 17.2 Å². The molecule has 5 nitrogen and oxygen atoms in total. The van der Waals surface area contributed by atoms with Crippen molar-refractivity contribution in [1.82, 2.24) is 5.32 Å². The van der Waals surface area contributed by atoms with E-state index in [1.165, 1.54) is 28.4 Å². The van der Waals surface area contributed by atoms with Crippen molar-refractivity contribution in [2.45, 2.75) is 26.2 Å². The molecule has 0 radical (unpaired) electrons. The summed E-state index contributed by atoms with van der Waals surface area (Å²) in [7, 11) is 0. The van der Waals surface area contributed by atoms with Gasteiger partial charge in [0.2, 0.25) is 5.91 Å². The molecule has 1 aromatic carbocycles. The number of nitrogens with one attached hydrogen (secondary N) is 2. The van der Waals surface area contributed by atoms with Crippen LogP contribution in [0.1, 0.15) is 35.1 Å². The molecular weight excluding hydrogens is 497 g/mol. The van der Waals surface area contributed by atoms with Crippen LogP contribution in [-0.2, 0) is 17.6 Å². The van der Waals surface area contributed by atoms with E-state index in [2.05, 4.69) is 23.6 Å². The first kappa shape index (κ1) is 23.5. The molecule has 1 amide bonds. The van der Waals surface area contributed by atoms with E-state index < -0.39 is 5.91 Å². The Labute approximate surface area is 211 Å². The fourth-order valence-electron chi connectivity index (χ4n) is 3.68. The molecule has 0 unspecified atom stereocenters. The minimum Gasteiger partial charge on any atom is -0.457 e. The van der Waals surface area contributed by atoms with Crippen molar-refractivity contribution in [2.24, 2.45) is 5.92 Å². The second-order valence-electron chi connectivity index (χ2n) is 7.77. The number of thiophene rings is 1. The lowest BCUT2D eigenvalue weighted by molar-refractivity contribution is -0.115. The number of halogens is 2. The van der Waals surface area contributed by atoms with Gasteiger partial charge in [0.15, 0.2) is 5.11 Å². The van der Waals surface area contributed by atoms with Gasteiger partial charge < -0.3 is 9.73 Å². The topological polar surface area (TPSA) is 78.1 Å². The van der Waals surface area contributed by atoms with Gasteiger partial charge in [0, 0.05) is 21.5 Å². The standard InChI is InChI=1S/C24H19Cl2N3O2S2/c1-13-2-6-16-18(12-27)23(33-21(16)10-13)29-24(32)28-22(30)9-5-15-4-8-20(31-15)17-7-3-14(25)11-19(17)26/h3-5,7-9,11,13H,2,6,10H2,1H3,(H2,28,29,30,32)/b9-5+/t13-/m0/s1. The second kappa shape index (κ2) is 10.1. The Bertz CT molecular complexity index is 1300. The minimum absolute atomic E-state index is 0.140. The Balaban J connectivity index is 1.38. The lowest BCUT2D eigenvalue weighted by Crippen LogP contribution is -2.32. The van der Waals surface area contributed by atoms with Crippen LogP contribution in [0.15, 0.2) is 40.8 Å². The van der Waals surface area contributed by atoms with Gasteiger partial charge in [-0.25, -0.2) is 0 Å². The summed E-state index contributed by atoms with van der Waals surface area (Å²) in [6.07, 6.45) is 5.79. The maximum Gasteiger partial charge on any atom is 0.250 e. The third-order valence-corrected chi connectivity index (χ3v) is 7.23. The number of fused-ring (bicyclic) bond motifs is 1. The highest BCUT2D eigenvalue weighted by Crippen LogP contribution is 2.39. The van der Waals surface area contributed by atoms with Crippen LogP contribution in [0.4, 0.5) is 5.00 Å². The molecule has 168 valence electrons. The zero-order valence-corrected chi connectivity index (χ0v) is 20.7. The van der Waals surface area contributed by atoms with E-state index in [4.69, 9.17) is 39.8 Å². The van der Waals surface area contributed by atoms with Crippen molar-refractivity contribution in [2.75, 3.05) is 5.32 Å². The van der Waals surface area contributed by atoms with Gasteiger partial charge in [0.25, 0.3) is 0 Å². The molecule has 0 bridgehead atoms. The first-order valence-corrected chi connectivity index (χ1v) is 12.2. The van der Waals surface area contributed by atoms with Crippen molar-refractivity contribution in [3.63, 3.8) is 0 Å². The lowest BCUT2D eigenvalue weighted by Gasteiger charge is -2.17. The maximum absolute atomic E-state index is 12.3. The molecule has 3 aromatic rings. The second-order valence-corrected chi connectivity index (χ2v) is 10.1. The highest BCUT2D eigenvalue weighted by Gasteiger charge is 2.24. The number of hydrogen-bond donors (Lipinski definition) is 2. The van der Waals surface area contributed by atoms with Gasteiger partial charge in [-0.15, -0.1) is 11.3 Å². The first-order chi connectivity index (χ1) is 15.8. The summed E-state index contributed by atoms with van der Waals surface area (Å²) < 4.78 is 5.75. The van der Waals surface area contributed by atoms with E-state index in [0.717, 1.165) is 24.8 Å². The molecule has 0 saturated heterocycles. The Hall–Kier alpha value is -2.63. The Kier molecular flexibility index (Phi) is 7.20. The van der Waals surface area contributed by atoms with Crippen molar-refractivity contribution in [1.29, 1.82) is 5.26 Å². The molecule has 4 rings (SSSR count). The summed E-state index contributed by atoms with van der Waals surface area (Å²) in [5.41, 5.74) is 2.43. The van der Waals surface area contributed by atoms with E-state index in [1.54, 1.807) is 30.3 Å². The summed E-state index contributed by atoms with van der Waals surface area (Å²) in [5.74, 6) is 1.24. The van der Waals surface area contributed by atoms with E-state index >= 15 is 0 Å². The van der Waals surface area contributed by atoms with Crippen LogP contribution in [0.2, 0.25) is 10.0 Å². The van der Waals surface area contributed by atoms with Gasteiger partial charge in [-0.05, 0) is 79.4 Å². The van der Waals surface area contributed by atoms with Crippen LogP contribution in [0.5, 0.6) is 0 Å². The number of thiocarbonyl (C=S) groups is 1. The van der Waals surface area contributed by atoms with E-state index in [0.29, 0.717) is 43.6 Å². The molecule has 2 N–H and O–H groups in total. The summed E-state index contributed by atoms with van der Waals surface area (Å²) >= 11 is 19.0. The lowest BCUT2D eigenvalue weighted by atomic mass is 9.89. The van der Waals surface area contributed by atoms with Crippen molar-refractivity contribution in [3.8, 4) is 17.4 Å². The quantitative estimate of drug-likeness (QED) is 0.293. The summed E-state index contributed by atoms with van der Waals surface area (Å²) in [5, 5.41) is 17.1. The van der Waals surface area contributed by atoms with Crippen molar-refractivity contribution in [3.05, 3.63) is 68.2 Å². The van der Waals surface area contributed by atoms with Crippen LogP contribution in [0.25, 0.3) is 17.4 Å². The number of nitrogens with zero attached hydrogens (tertiary/aromatic N) is 1. The fourth-order valence-corrected chi connectivity index (χ4v) is 5.81. The highest BCUT2D eigenvalue weighted by atomic mass is 35.5. The predicted octanol–water partition coefficient (Wildman–Crippen LogP) is 6.84. The van der Waals surface area contributed by atoms with Crippen LogP contribution in [0.3, 0.4) is 0 Å². The molecule has 0 aliphatic heterocycles. The molecule has 1 atom stereocenters. The number of hydrogen-bond acceptors (Lipinski definition) is 5. The molecule has 2 heterocycles. The Morgan fingerprint density at radius 1 is 1.33 bits per heavy atom. The van der Waals surface area contributed by atoms with Gasteiger partial charge in [-0.2, -0.15) is 5.26 Å². The molecule has 0 saturated carbocycles. The van der Waals surface area contributed by atoms with E-state index in [9.17, 15) is 10.1 Å². The number of carbonyl (C=O) groups is 1. The van der Waals surface area contributed by atoms with Crippen molar-refractivity contribution >= 4 is 68.9 Å². The van der Waals surface area contributed by atoms with Crippen LogP contribution < -0.4 is 10.6 Å². The SMILES string of the molecule is C[C@H]1CCc2c(sc(NC(=S)NC(=O)/C=C/c3ccc(-c4ccc(Cl)cc4Cl)o3)c2C#N)C1. The largest absolute Gasteiger partial charge is 0.457 e. The predicted molar refractivity (Wildman–Crippen MR) is 138 cm³/mol. The normalized spacial score (nSPS) is 15.2. The number of nitriles is 1. The number of rotatable bonds is 4.